The van der Waals surface area contributed by atoms with Gasteiger partial charge in [-0.25, -0.2) is 9.78 Å². The van der Waals surface area contributed by atoms with Gasteiger partial charge in [-0.1, -0.05) is 0 Å². The van der Waals surface area contributed by atoms with Crippen LogP contribution in [0.3, 0.4) is 0 Å². The van der Waals surface area contributed by atoms with Gasteiger partial charge < -0.3 is 20.9 Å². The molecular weight excluding hydrogens is 332 g/mol. The van der Waals surface area contributed by atoms with Gasteiger partial charge >= 0.3 is 6.03 Å². The highest BCUT2D eigenvalue weighted by molar-refractivity contribution is 7.20. The summed E-state index contributed by atoms with van der Waals surface area (Å²) in [6, 6.07) is 4.41. The first-order valence-corrected chi connectivity index (χ1v) is 8.05. The summed E-state index contributed by atoms with van der Waals surface area (Å²) >= 11 is 1.19. The summed E-state index contributed by atoms with van der Waals surface area (Å²) in [6.45, 7) is 1.27. The highest BCUT2D eigenvalue weighted by Crippen LogP contribution is 2.35. The van der Waals surface area contributed by atoms with E-state index < -0.39 is 11.9 Å². The Labute approximate surface area is 141 Å². The van der Waals surface area contributed by atoms with Gasteiger partial charge in [0.15, 0.2) is 0 Å². The second-order valence-electron chi connectivity index (χ2n) is 5.20. The number of nitrogens with zero attached hydrogens (tertiary/aromatic N) is 1. The third-order valence-electron chi connectivity index (χ3n) is 3.43. The van der Waals surface area contributed by atoms with E-state index in [1.54, 1.807) is 18.3 Å². The Balaban J connectivity index is 1.80. The molecule has 1 fully saturated rings. The Hall–Kier alpha value is -2.65. The molecule has 5 N–H and O–H groups in total. The molecule has 0 saturated carbocycles. The minimum atomic E-state index is -0.758. The molecule has 2 aromatic rings. The van der Waals surface area contributed by atoms with Crippen molar-refractivity contribution in [3.63, 3.8) is 0 Å². The maximum absolute atomic E-state index is 11.5. The first-order chi connectivity index (χ1) is 11.5. The van der Waals surface area contributed by atoms with Gasteiger partial charge in [0.25, 0.3) is 5.91 Å². The number of nitrogens with one attached hydrogen (secondary N) is 1. The van der Waals surface area contributed by atoms with Gasteiger partial charge in [0.2, 0.25) is 5.88 Å². The Morgan fingerprint density at radius 3 is 2.79 bits per heavy atom. The molecular formula is C15H16N4O4S. The molecule has 0 bridgehead atoms. The van der Waals surface area contributed by atoms with E-state index in [2.05, 4.69) is 10.3 Å². The quantitative estimate of drug-likeness (QED) is 0.755. The van der Waals surface area contributed by atoms with E-state index in [1.807, 2.05) is 6.07 Å². The molecule has 3 amide bonds. The van der Waals surface area contributed by atoms with Crippen LogP contribution in [0.5, 0.6) is 5.88 Å². The summed E-state index contributed by atoms with van der Waals surface area (Å²) in [5.74, 6) is -0.133. The van der Waals surface area contributed by atoms with E-state index in [4.69, 9.17) is 20.9 Å². The van der Waals surface area contributed by atoms with Crippen LogP contribution in [0.1, 0.15) is 16.8 Å². The fraction of sp³-hybridized carbons (Fsp3) is 0.267. The number of hydrogen-bond acceptors (Lipinski definition) is 6. The smallest absolute Gasteiger partial charge is 0.317 e. The van der Waals surface area contributed by atoms with Crippen molar-refractivity contribution in [1.29, 1.82) is 0 Å². The predicted molar refractivity (Wildman–Crippen MR) is 89.1 cm³/mol. The van der Waals surface area contributed by atoms with Crippen molar-refractivity contribution in [1.82, 2.24) is 4.98 Å². The monoisotopic (exact) mass is 348 g/mol. The summed E-state index contributed by atoms with van der Waals surface area (Å²) in [5.41, 5.74) is 11.4. The second kappa shape index (κ2) is 6.85. The molecule has 0 aliphatic carbocycles. The van der Waals surface area contributed by atoms with Crippen LogP contribution in [-0.2, 0) is 4.74 Å². The van der Waals surface area contributed by atoms with Crippen molar-refractivity contribution in [3.8, 4) is 16.3 Å². The Bertz CT molecular complexity index is 753. The van der Waals surface area contributed by atoms with Crippen LogP contribution in [0, 0.1) is 0 Å². The van der Waals surface area contributed by atoms with Gasteiger partial charge in [0.05, 0.1) is 18.8 Å². The number of thiophene rings is 1. The fourth-order valence-electron chi connectivity index (χ4n) is 2.29. The number of urea groups is 1. The number of carbonyl (C=O) groups is 2. The van der Waals surface area contributed by atoms with Crippen LogP contribution >= 0.6 is 11.3 Å². The summed E-state index contributed by atoms with van der Waals surface area (Å²) in [5, 5.41) is 2.72. The summed E-state index contributed by atoms with van der Waals surface area (Å²) < 4.78 is 11.0. The molecule has 126 valence electrons. The molecule has 3 rings (SSSR count). The Morgan fingerprint density at radius 2 is 2.21 bits per heavy atom. The summed E-state index contributed by atoms with van der Waals surface area (Å²) in [4.78, 5) is 27.5. The predicted octanol–water partition coefficient (Wildman–Crippen LogP) is 1.57. The Morgan fingerprint density at radius 1 is 1.38 bits per heavy atom. The van der Waals surface area contributed by atoms with Crippen molar-refractivity contribution in [3.05, 3.63) is 30.0 Å². The largest absolute Gasteiger partial charge is 0.472 e. The normalized spacial score (nSPS) is 16.8. The van der Waals surface area contributed by atoms with Crippen molar-refractivity contribution in [2.75, 3.05) is 18.5 Å². The number of pyridine rings is 1. The molecule has 3 heterocycles. The maximum Gasteiger partial charge on any atom is 0.317 e. The zero-order chi connectivity index (χ0) is 17.1. The lowest BCUT2D eigenvalue weighted by molar-refractivity contribution is 0.100. The number of anilines is 1. The molecule has 0 unspecified atom stereocenters. The number of primary amides is 2. The van der Waals surface area contributed by atoms with E-state index in [0.29, 0.717) is 24.1 Å². The van der Waals surface area contributed by atoms with Crippen LogP contribution in [0.25, 0.3) is 10.4 Å². The topological polar surface area (TPSA) is 130 Å². The number of hydrogen-bond donors (Lipinski definition) is 3. The van der Waals surface area contributed by atoms with Gasteiger partial charge in [-0.3, -0.25) is 10.1 Å². The van der Waals surface area contributed by atoms with Crippen LogP contribution in [-0.4, -0.2) is 36.2 Å². The molecule has 1 aliphatic heterocycles. The number of rotatable bonds is 5. The minimum absolute atomic E-state index is 0.0259. The standard InChI is InChI=1S/C15H16N4O4S/c16-13(20)10-5-11(24-14(10)19-15(17)21)8-1-2-12(18-6-8)23-9-3-4-22-7-9/h1-2,5-6,9H,3-4,7H2,(H2,16,20)(H3,17,19,21)/t9-/m1/s1. The second-order valence-corrected chi connectivity index (χ2v) is 6.25. The lowest BCUT2D eigenvalue weighted by Gasteiger charge is -2.10. The van der Waals surface area contributed by atoms with E-state index >= 15 is 0 Å². The molecule has 1 aliphatic rings. The first kappa shape index (κ1) is 16.2. The SMILES string of the molecule is NC(=O)Nc1sc(-c2ccc(O[C@@H]3CCOC3)nc2)cc1C(N)=O. The zero-order valence-corrected chi connectivity index (χ0v) is 13.5. The third-order valence-corrected chi connectivity index (χ3v) is 4.53. The Kier molecular flexibility index (Phi) is 4.63. The van der Waals surface area contributed by atoms with Crippen LogP contribution in [0.4, 0.5) is 9.80 Å². The number of carbonyl (C=O) groups excluding carboxylic acids is 2. The molecule has 1 atom stereocenters. The molecule has 0 radical (unpaired) electrons. The average Bonchev–Trinajstić information content (AvgIpc) is 3.17. The molecule has 2 aromatic heterocycles. The summed E-state index contributed by atoms with van der Waals surface area (Å²) in [6.07, 6.45) is 2.51. The highest BCUT2D eigenvalue weighted by atomic mass is 32.1. The lowest BCUT2D eigenvalue weighted by atomic mass is 10.2. The van der Waals surface area contributed by atoms with Crippen LogP contribution < -0.4 is 21.5 Å². The zero-order valence-electron chi connectivity index (χ0n) is 12.7. The first-order valence-electron chi connectivity index (χ1n) is 7.24. The number of aromatic nitrogens is 1. The van der Waals surface area contributed by atoms with Crippen molar-refractivity contribution < 1.29 is 19.1 Å². The minimum Gasteiger partial charge on any atom is -0.472 e. The van der Waals surface area contributed by atoms with Crippen LogP contribution in [0.15, 0.2) is 24.4 Å². The van der Waals surface area contributed by atoms with Crippen molar-refractivity contribution in [2.24, 2.45) is 11.5 Å². The van der Waals surface area contributed by atoms with Gasteiger partial charge in [0.1, 0.15) is 11.1 Å². The van der Waals surface area contributed by atoms with E-state index in [-0.39, 0.29) is 11.7 Å². The molecule has 1 saturated heterocycles. The number of amides is 3. The average molecular weight is 348 g/mol. The molecule has 0 aromatic carbocycles. The summed E-state index contributed by atoms with van der Waals surface area (Å²) in [7, 11) is 0. The van der Waals surface area contributed by atoms with Gasteiger partial charge in [-0.15, -0.1) is 11.3 Å². The molecule has 0 spiro atoms. The fourth-order valence-corrected chi connectivity index (χ4v) is 3.35. The molecule has 8 nitrogen and oxygen atoms in total. The highest BCUT2D eigenvalue weighted by Gasteiger charge is 2.19. The number of ether oxygens (including phenoxy) is 2. The van der Waals surface area contributed by atoms with E-state index in [0.717, 1.165) is 16.9 Å². The third kappa shape index (κ3) is 3.63. The van der Waals surface area contributed by atoms with Gasteiger partial charge in [0, 0.05) is 29.1 Å². The number of nitrogens with two attached hydrogens (primary N) is 2. The molecule has 9 heteroatoms. The van der Waals surface area contributed by atoms with E-state index in [1.165, 1.54) is 11.3 Å². The van der Waals surface area contributed by atoms with Crippen molar-refractivity contribution in [2.45, 2.75) is 12.5 Å². The van der Waals surface area contributed by atoms with Crippen LogP contribution in [0.2, 0.25) is 0 Å². The maximum atomic E-state index is 11.5. The lowest BCUT2D eigenvalue weighted by Crippen LogP contribution is -2.21. The van der Waals surface area contributed by atoms with Gasteiger partial charge in [-0.05, 0) is 12.1 Å². The van der Waals surface area contributed by atoms with E-state index in [9.17, 15) is 9.59 Å². The van der Waals surface area contributed by atoms with Gasteiger partial charge in [-0.2, -0.15) is 0 Å². The van der Waals surface area contributed by atoms with Crippen molar-refractivity contribution >= 4 is 28.3 Å². The molecule has 24 heavy (non-hydrogen) atoms.